The molecule has 19 heavy (non-hydrogen) atoms. The van der Waals surface area contributed by atoms with Gasteiger partial charge in [-0.25, -0.2) is 4.39 Å². The maximum absolute atomic E-state index is 13.7. The standard InChI is InChI=1S/C16H27FN2/c1-4-6-11-16(5-2,13-18)19(3)12-14-9-7-8-10-15(14)17/h7-10H,4-6,11-13,18H2,1-3H3. The zero-order chi connectivity index (χ0) is 14.3. The third kappa shape index (κ3) is 4.02. The summed E-state index contributed by atoms with van der Waals surface area (Å²) < 4.78 is 13.7. The van der Waals surface area contributed by atoms with E-state index in [9.17, 15) is 4.39 Å². The molecule has 1 aromatic rings. The molecule has 1 aromatic carbocycles. The van der Waals surface area contributed by atoms with Gasteiger partial charge in [-0.15, -0.1) is 0 Å². The summed E-state index contributed by atoms with van der Waals surface area (Å²) in [6.07, 6.45) is 4.39. The molecule has 0 aliphatic carbocycles. The highest BCUT2D eigenvalue weighted by Gasteiger charge is 2.30. The van der Waals surface area contributed by atoms with Crippen molar-refractivity contribution < 1.29 is 4.39 Å². The lowest BCUT2D eigenvalue weighted by molar-refractivity contribution is 0.0987. The highest BCUT2D eigenvalue weighted by atomic mass is 19.1. The number of nitrogens with two attached hydrogens (primary N) is 1. The molecule has 1 atom stereocenters. The molecule has 0 saturated heterocycles. The van der Waals surface area contributed by atoms with E-state index in [1.807, 2.05) is 12.1 Å². The zero-order valence-electron chi connectivity index (χ0n) is 12.5. The Morgan fingerprint density at radius 2 is 1.95 bits per heavy atom. The van der Waals surface area contributed by atoms with Crippen LogP contribution in [0.15, 0.2) is 24.3 Å². The van der Waals surface area contributed by atoms with Crippen LogP contribution in [0.25, 0.3) is 0 Å². The molecule has 2 nitrogen and oxygen atoms in total. The van der Waals surface area contributed by atoms with Crippen LogP contribution in [0.2, 0.25) is 0 Å². The molecule has 0 saturated carbocycles. The number of hydrogen-bond acceptors (Lipinski definition) is 2. The fraction of sp³-hybridized carbons (Fsp3) is 0.625. The molecule has 0 heterocycles. The van der Waals surface area contributed by atoms with Gasteiger partial charge >= 0.3 is 0 Å². The van der Waals surface area contributed by atoms with Crippen LogP contribution >= 0.6 is 0 Å². The van der Waals surface area contributed by atoms with Crippen LogP contribution < -0.4 is 5.73 Å². The Morgan fingerprint density at radius 3 is 2.47 bits per heavy atom. The second kappa shape index (κ2) is 7.61. The van der Waals surface area contributed by atoms with Crippen molar-refractivity contribution in [2.75, 3.05) is 13.6 Å². The van der Waals surface area contributed by atoms with Gasteiger partial charge in [-0.3, -0.25) is 4.90 Å². The predicted octanol–water partition coefficient (Wildman–Crippen LogP) is 3.56. The summed E-state index contributed by atoms with van der Waals surface area (Å²) in [4.78, 5) is 2.22. The number of hydrogen-bond donors (Lipinski definition) is 1. The van der Waals surface area contributed by atoms with E-state index in [1.54, 1.807) is 6.07 Å². The first-order valence-corrected chi connectivity index (χ1v) is 7.24. The molecule has 0 radical (unpaired) electrons. The minimum absolute atomic E-state index is 0.0156. The van der Waals surface area contributed by atoms with Crippen LogP contribution in [-0.2, 0) is 6.54 Å². The van der Waals surface area contributed by atoms with Gasteiger partial charge in [0, 0.05) is 24.2 Å². The number of rotatable bonds is 8. The van der Waals surface area contributed by atoms with E-state index in [4.69, 9.17) is 5.73 Å². The average molecular weight is 266 g/mol. The Kier molecular flexibility index (Phi) is 6.46. The normalized spacial score (nSPS) is 14.6. The topological polar surface area (TPSA) is 29.3 Å². The summed E-state index contributed by atoms with van der Waals surface area (Å²) in [5.41, 5.74) is 6.74. The number of nitrogens with zero attached hydrogens (tertiary/aromatic N) is 1. The minimum atomic E-state index is -0.133. The first-order chi connectivity index (χ1) is 9.09. The second-order valence-corrected chi connectivity index (χ2v) is 5.33. The molecule has 0 aliphatic rings. The highest BCUT2D eigenvalue weighted by Crippen LogP contribution is 2.26. The van der Waals surface area contributed by atoms with Gasteiger partial charge in [-0.05, 0) is 26.0 Å². The molecule has 1 rings (SSSR count). The van der Waals surface area contributed by atoms with Gasteiger partial charge in [0.1, 0.15) is 5.82 Å². The molecular weight excluding hydrogens is 239 g/mol. The molecule has 0 amide bonds. The van der Waals surface area contributed by atoms with Crippen molar-refractivity contribution in [3.63, 3.8) is 0 Å². The van der Waals surface area contributed by atoms with E-state index in [1.165, 1.54) is 6.07 Å². The third-order valence-corrected chi connectivity index (χ3v) is 4.21. The predicted molar refractivity (Wildman–Crippen MR) is 79.5 cm³/mol. The van der Waals surface area contributed by atoms with Gasteiger partial charge in [0.25, 0.3) is 0 Å². The van der Waals surface area contributed by atoms with Gasteiger partial charge in [-0.2, -0.15) is 0 Å². The summed E-state index contributed by atoms with van der Waals surface area (Å²) in [5, 5.41) is 0. The molecule has 108 valence electrons. The van der Waals surface area contributed by atoms with Gasteiger partial charge in [0.15, 0.2) is 0 Å². The van der Waals surface area contributed by atoms with Crippen molar-refractivity contribution in [2.24, 2.45) is 5.73 Å². The van der Waals surface area contributed by atoms with E-state index in [2.05, 4.69) is 25.8 Å². The Labute approximate surface area is 116 Å². The summed E-state index contributed by atoms with van der Waals surface area (Å²) >= 11 is 0. The van der Waals surface area contributed by atoms with Crippen molar-refractivity contribution in [3.8, 4) is 0 Å². The summed E-state index contributed by atoms with van der Waals surface area (Å²) in [5.74, 6) is -0.133. The van der Waals surface area contributed by atoms with Gasteiger partial charge in [-0.1, -0.05) is 44.9 Å². The molecule has 0 aromatic heterocycles. The molecule has 0 spiro atoms. The Hall–Kier alpha value is -0.930. The number of likely N-dealkylation sites (N-methyl/N-ethyl adjacent to an activating group) is 1. The van der Waals surface area contributed by atoms with Crippen molar-refractivity contribution in [3.05, 3.63) is 35.6 Å². The Balaban J connectivity index is 2.82. The minimum Gasteiger partial charge on any atom is -0.329 e. The average Bonchev–Trinajstić information content (AvgIpc) is 2.43. The van der Waals surface area contributed by atoms with E-state index < -0.39 is 0 Å². The van der Waals surface area contributed by atoms with Crippen LogP contribution in [-0.4, -0.2) is 24.0 Å². The molecule has 0 fully saturated rings. The smallest absolute Gasteiger partial charge is 0.127 e. The van der Waals surface area contributed by atoms with E-state index >= 15 is 0 Å². The first-order valence-electron chi connectivity index (χ1n) is 7.24. The Morgan fingerprint density at radius 1 is 1.26 bits per heavy atom. The van der Waals surface area contributed by atoms with Crippen molar-refractivity contribution >= 4 is 0 Å². The SMILES string of the molecule is CCCCC(CC)(CN)N(C)Cc1ccccc1F. The fourth-order valence-electron chi connectivity index (χ4n) is 2.60. The summed E-state index contributed by atoms with van der Waals surface area (Å²) in [6.45, 7) is 5.59. The Bertz CT molecular complexity index is 375. The van der Waals surface area contributed by atoms with Crippen molar-refractivity contribution in [1.82, 2.24) is 4.90 Å². The lowest BCUT2D eigenvalue weighted by atomic mass is 9.87. The lowest BCUT2D eigenvalue weighted by Gasteiger charge is -2.41. The maximum Gasteiger partial charge on any atom is 0.127 e. The lowest BCUT2D eigenvalue weighted by Crippen LogP contribution is -2.51. The second-order valence-electron chi connectivity index (χ2n) is 5.33. The quantitative estimate of drug-likeness (QED) is 0.779. The number of halogens is 1. The van der Waals surface area contributed by atoms with Gasteiger partial charge in [0.05, 0.1) is 0 Å². The number of benzene rings is 1. The van der Waals surface area contributed by atoms with Crippen LogP contribution in [0.3, 0.4) is 0 Å². The van der Waals surface area contributed by atoms with Gasteiger partial charge < -0.3 is 5.73 Å². The van der Waals surface area contributed by atoms with Crippen molar-refractivity contribution in [1.29, 1.82) is 0 Å². The van der Waals surface area contributed by atoms with Crippen molar-refractivity contribution in [2.45, 2.75) is 51.6 Å². The van der Waals surface area contributed by atoms with E-state index in [0.717, 1.165) is 31.2 Å². The monoisotopic (exact) mass is 266 g/mol. The van der Waals surface area contributed by atoms with Crippen LogP contribution in [0, 0.1) is 5.82 Å². The maximum atomic E-state index is 13.7. The van der Waals surface area contributed by atoms with E-state index in [-0.39, 0.29) is 11.4 Å². The highest BCUT2D eigenvalue weighted by molar-refractivity contribution is 5.17. The third-order valence-electron chi connectivity index (χ3n) is 4.21. The first kappa shape index (κ1) is 16.1. The number of unbranched alkanes of at least 4 members (excludes halogenated alkanes) is 1. The summed E-state index contributed by atoms with van der Waals surface area (Å²) in [7, 11) is 2.05. The molecular formula is C16H27FN2. The zero-order valence-corrected chi connectivity index (χ0v) is 12.5. The molecule has 0 bridgehead atoms. The molecule has 0 aliphatic heterocycles. The molecule has 2 N–H and O–H groups in total. The van der Waals surface area contributed by atoms with Gasteiger partial charge in [0.2, 0.25) is 0 Å². The largest absolute Gasteiger partial charge is 0.329 e. The van der Waals surface area contributed by atoms with Crippen LogP contribution in [0.1, 0.15) is 45.1 Å². The van der Waals surface area contributed by atoms with Crippen LogP contribution in [0.4, 0.5) is 4.39 Å². The summed E-state index contributed by atoms with van der Waals surface area (Å²) in [6, 6.07) is 6.98. The molecule has 3 heteroatoms. The fourth-order valence-corrected chi connectivity index (χ4v) is 2.60. The van der Waals surface area contributed by atoms with Crippen LogP contribution in [0.5, 0.6) is 0 Å². The van der Waals surface area contributed by atoms with E-state index in [0.29, 0.717) is 13.1 Å². The molecule has 1 unspecified atom stereocenters.